The van der Waals surface area contributed by atoms with Gasteiger partial charge in [-0.15, -0.1) is 0 Å². The lowest BCUT2D eigenvalue weighted by atomic mass is 9.98. The van der Waals surface area contributed by atoms with E-state index < -0.39 is 11.9 Å². The maximum absolute atomic E-state index is 15.2. The molecule has 1 aromatic heterocycles. The number of fused-ring (bicyclic) bond motifs is 1. The molecule has 9 heteroatoms. The number of aliphatic hydroxyl groups is 1. The van der Waals surface area contributed by atoms with Crippen molar-refractivity contribution in [3.05, 3.63) is 78.2 Å². The number of nitrogens with zero attached hydrogens (tertiary/aromatic N) is 5. The summed E-state index contributed by atoms with van der Waals surface area (Å²) in [6, 6.07) is 10.3. The topological polar surface area (TPSA) is 91.2 Å². The van der Waals surface area contributed by atoms with Gasteiger partial charge in [-0.05, 0) is 49.2 Å². The number of anilines is 1. The van der Waals surface area contributed by atoms with Crippen molar-refractivity contribution in [2.24, 2.45) is 4.99 Å². The van der Waals surface area contributed by atoms with Gasteiger partial charge in [0.15, 0.2) is 0 Å². The van der Waals surface area contributed by atoms with Crippen LogP contribution in [0.1, 0.15) is 52.7 Å². The van der Waals surface area contributed by atoms with Crippen molar-refractivity contribution in [2.75, 3.05) is 37.7 Å². The number of rotatable bonds is 9. The zero-order valence-electron chi connectivity index (χ0n) is 24.6. The van der Waals surface area contributed by atoms with E-state index >= 15 is 4.39 Å². The van der Waals surface area contributed by atoms with Crippen LogP contribution in [0.5, 0.6) is 0 Å². The highest BCUT2D eigenvalue weighted by Crippen LogP contribution is 2.34. The number of aliphatic hydroxyl groups excluding tert-OH is 1. The molecule has 2 heterocycles. The molecule has 1 amide bonds. The van der Waals surface area contributed by atoms with E-state index in [1.807, 2.05) is 39.0 Å². The van der Waals surface area contributed by atoms with Crippen LogP contribution in [0.15, 0.2) is 71.8 Å². The number of aliphatic imine (C=N–C) groups is 1. The first-order valence-corrected chi connectivity index (χ1v) is 14.0. The second kappa shape index (κ2) is 15.2. The summed E-state index contributed by atoms with van der Waals surface area (Å²) in [5, 5.41) is 12.1. The summed E-state index contributed by atoms with van der Waals surface area (Å²) in [5.41, 5.74) is 3.58. The predicted molar refractivity (Wildman–Crippen MR) is 163 cm³/mol. The van der Waals surface area contributed by atoms with E-state index in [-0.39, 0.29) is 17.2 Å². The first-order chi connectivity index (χ1) is 19.8. The van der Waals surface area contributed by atoms with Gasteiger partial charge in [-0.25, -0.2) is 14.4 Å². The summed E-state index contributed by atoms with van der Waals surface area (Å²) in [4.78, 5) is 29.4. The average Bonchev–Trinajstić information content (AvgIpc) is 3.00. The van der Waals surface area contributed by atoms with Gasteiger partial charge >= 0.3 is 0 Å². The molecule has 1 unspecified atom stereocenters. The molecule has 2 aromatic carbocycles. The fraction of sp³-hybridized carbons (Fsp3) is 0.375. The smallest absolute Gasteiger partial charge is 0.223 e. The fourth-order valence-corrected chi connectivity index (χ4v) is 4.75. The van der Waals surface area contributed by atoms with Gasteiger partial charge in [-0.3, -0.25) is 9.79 Å². The number of aromatic nitrogens is 2. The van der Waals surface area contributed by atoms with Crippen molar-refractivity contribution < 1.29 is 19.0 Å². The number of benzene rings is 2. The highest BCUT2D eigenvalue weighted by Gasteiger charge is 2.23. The van der Waals surface area contributed by atoms with Crippen molar-refractivity contribution in [1.29, 1.82) is 0 Å². The quantitative estimate of drug-likeness (QED) is 0.319. The summed E-state index contributed by atoms with van der Waals surface area (Å²) >= 11 is 0. The molecule has 0 bridgehead atoms. The van der Waals surface area contributed by atoms with Gasteiger partial charge in [0.2, 0.25) is 5.91 Å². The van der Waals surface area contributed by atoms with Crippen molar-refractivity contribution in [1.82, 2.24) is 14.9 Å². The standard InChI is InChI=1S/C30H34FN5O3.C2H6/c1-5-11-32-28(20(3)36(12-6-2)21(4)37)30(38)22-7-10-26(31)25(17-22)29-24-9-8-23(18-27(24)33-19-34-29)35-13-15-39-16-14-35;1-2/h5,7-11,17-19,30,38H,1,6,12-16H2,2-4H3;1-2H3/b28-20+,32-11?;. The molecule has 0 aliphatic carbocycles. The third-order valence-electron chi connectivity index (χ3n) is 6.74. The molecule has 1 aliphatic rings. The van der Waals surface area contributed by atoms with Crippen LogP contribution in [-0.2, 0) is 9.53 Å². The predicted octanol–water partition coefficient (Wildman–Crippen LogP) is 6.08. The van der Waals surface area contributed by atoms with Gasteiger partial charge in [-0.1, -0.05) is 39.5 Å². The minimum absolute atomic E-state index is 0.156. The van der Waals surface area contributed by atoms with Crippen LogP contribution in [0.3, 0.4) is 0 Å². The molecule has 1 saturated heterocycles. The number of morpholine rings is 1. The zero-order valence-corrected chi connectivity index (χ0v) is 24.6. The highest BCUT2D eigenvalue weighted by molar-refractivity contribution is 5.94. The minimum atomic E-state index is -1.22. The molecule has 218 valence electrons. The normalized spacial score (nSPS) is 14.8. The molecule has 41 heavy (non-hydrogen) atoms. The minimum Gasteiger partial charge on any atom is -0.382 e. The van der Waals surface area contributed by atoms with Gasteiger partial charge in [0.05, 0.1) is 30.1 Å². The first-order valence-electron chi connectivity index (χ1n) is 14.0. The number of hydrogen-bond donors (Lipinski definition) is 1. The Balaban J connectivity index is 0.00000226. The molecule has 0 radical (unpaired) electrons. The lowest BCUT2D eigenvalue weighted by Crippen LogP contribution is -2.36. The van der Waals surface area contributed by atoms with Crippen molar-refractivity contribution in [3.8, 4) is 11.3 Å². The third-order valence-corrected chi connectivity index (χ3v) is 6.74. The van der Waals surface area contributed by atoms with Gasteiger partial charge in [-0.2, -0.15) is 0 Å². The maximum Gasteiger partial charge on any atom is 0.223 e. The summed E-state index contributed by atoms with van der Waals surface area (Å²) < 4.78 is 20.7. The van der Waals surface area contributed by atoms with E-state index in [0.29, 0.717) is 47.6 Å². The lowest BCUT2D eigenvalue weighted by molar-refractivity contribution is -0.127. The van der Waals surface area contributed by atoms with Crippen molar-refractivity contribution in [3.63, 3.8) is 0 Å². The van der Waals surface area contributed by atoms with Crippen LogP contribution in [0.25, 0.3) is 22.2 Å². The monoisotopic (exact) mass is 561 g/mol. The number of allylic oxidation sites excluding steroid dienone is 2. The van der Waals surface area contributed by atoms with Gasteiger partial charge < -0.3 is 19.6 Å². The van der Waals surface area contributed by atoms with Gasteiger partial charge in [0.1, 0.15) is 18.2 Å². The molecule has 1 atom stereocenters. The number of hydrogen-bond acceptors (Lipinski definition) is 7. The molecule has 1 N–H and O–H groups in total. The molecular formula is C32H40FN5O3. The van der Waals surface area contributed by atoms with Crippen LogP contribution >= 0.6 is 0 Å². The van der Waals surface area contributed by atoms with E-state index in [9.17, 15) is 9.90 Å². The van der Waals surface area contributed by atoms with E-state index in [1.54, 1.807) is 17.9 Å². The zero-order chi connectivity index (χ0) is 29.9. The van der Waals surface area contributed by atoms with Gasteiger partial charge in [0, 0.05) is 55.1 Å². The third kappa shape index (κ3) is 7.42. The molecular weight excluding hydrogens is 521 g/mol. The summed E-state index contributed by atoms with van der Waals surface area (Å²) in [5.74, 6) is -0.632. The Bertz CT molecular complexity index is 1420. The number of amides is 1. The van der Waals surface area contributed by atoms with Crippen LogP contribution in [0.2, 0.25) is 0 Å². The summed E-state index contributed by atoms with van der Waals surface area (Å²) in [6.45, 7) is 16.2. The number of carbonyl (C=O) groups excluding carboxylic acids is 1. The molecule has 0 saturated carbocycles. The number of carbonyl (C=O) groups is 1. The molecule has 3 aromatic rings. The Labute approximate surface area is 241 Å². The van der Waals surface area contributed by atoms with E-state index in [1.165, 1.54) is 37.7 Å². The Morgan fingerprint density at radius 3 is 2.59 bits per heavy atom. The highest BCUT2D eigenvalue weighted by atomic mass is 19.1. The second-order valence-corrected chi connectivity index (χ2v) is 9.32. The molecule has 0 spiro atoms. The van der Waals surface area contributed by atoms with Crippen LogP contribution in [0.4, 0.5) is 10.1 Å². The molecule has 8 nitrogen and oxygen atoms in total. The Morgan fingerprint density at radius 1 is 1.20 bits per heavy atom. The van der Waals surface area contributed by atoms with Gasteiger partial charge in [0.25, 0.3) is 0 Å². The first kappa shape index (κ1) is 31.6. The lowest BCUT2D eigenvalue weighted by Gasteiger charge is -2.29. The second-order valence-electron chi connectivity index (χ2n) is 9.32. The molecule has 1 aliphatic heterocycles. The molecule has 4 rings (SSSR count). The largest absolute Gasteiger partial charge is 0.382 e. The van der Waals surface area contributed by atoms with E-state index in [2.05, 4.69) is 26.4 Å². The summed E-state index contributed by atoms with van der Waals surface area (Å²) in [6.07, 6.45) is 3.88. The van der Waals surface area contributed by atoms with Crippen LogP contribution < -0.4 is 4.90 Å². The van der Waals surface area contributed by atoms with Crippen molar-refractivity contribution in [2.45, 2.75) is 47.1 Å². The fourth-order valence-electron chi connectivity index (χ4n) is 4.75. The molecule has 1 fully saturated rings. The summed E-state index contributed by atoms with van der Waals surface area (Å²) in [7, 11) is 0. The van der Waals surface area contributed by atoms with Crippen molar-refractivity contribution >= 4 is 28.7 Å². The number of ether oxygens (including phenoxy) is 1. The van der Waals surface area contributed by atoms with E-state index in [0.717, 1.165) is 25.2 Å². The average molecular weight is 562 g/mol. The Kier molecular flexibility index (Phi) is 11.7. The van der Waals surface area contributed by atoms with Crippen LogP contribution in [0, 0.1) is 5.82 Å². The maximum atomic E-state index is 15.2. The van der Waals surface area contributed by atoms with E-state index in [4.69, 9.17) is 4.74 Å². The Hall–Kier alpha value is -3.95. The Morgan fingerprint density at radius 2 is 1.93 bits per heavy atom. The van der Waals surface area contributed by atoms with Crippen LogP contribution in [-0.4, -0.2) is 64.9 Å². The number of halogens is 1. The SMILES string of the molecule is C=CC=N/C(=C(\C)N(CCC)C(C)=O)C(O)c1ccc(F)c(-c2ncnc3cc(N4CCOCC4)ccc23)c1.CC.